The minimum Gasteiger partial charge on any atom is -0.444 e. The highest BCUT2D eigenvalue weighted by Gasteiger charge is 2.10. The van der Waals surface area contributed by atoms with Gasteiger partial charge in [0.2, 0.25) is 5.89 Å². The van der Waals surface area contributed by atoms with E-state index < -0.39 is 0 Å². The first kappa shape index (κ1) is 12.8. The number of nitrogens with one attached hydrogen (secondary N) is 1. The highest BCUT2D eigenvalue weighted by Crippen LogP contribution is 2.14. The van der Waals surface area contributed by atoms with Crippen LogP contribution in [0.1, 0.15) is 35.7 Å². The Balaban J connectivity index is 1.97. The van der Waals surface area contributed by atoms with Crippen molar-refractivity contribution in [1.29, 1.82) is 0 Å². The van der Waals surface area contributed by atoms with Crippen molar-refractivity contribution in [2.75, 3.05) is 0 Å². The van der Waals surface area contributed by atoms with Crippen molar-refractivity contribution in [1.82, 2.24) is 10.3 Å². The number of rotatable bonds is 4. The molecule has 3 nitrogen and oxygen atoms in total. The van der Waals surface area contributed by atoms with Gasteiger partial charge >= 0.3 is 0 Å². The third kappa shape index (κ3) is 2.96. The SMILES string of the molecule is Cc1cnc(C(C)NCc2ccc(F)c(C)c2)o1. The van der Waals surface area contributed by atoms with Crippen LogP contribution in [-0.4, -0.2) is 4.98 Å². The molecule has 0 radical (unpaired) electrons. The predicted octanol–water partition coefficient (Wildman–Crippen LogP) is 3.28. The van der Waals surface area contributed by atoms with Gasteiger partial charge < -0.3 is 9.73 Å². The Morgan fingerprint density at radius 2 is 2.17 bits per heavy atom. The molecule has 1 unspecified atom stereocenters. The molecule has 0 amide bonds. The molecule has 1 aromatic heterocycles. The van der Waals surface area contributed by atoms with Crippen LogP contribution in [-0.2, 0) is 6.54 Å². The molecule has 1 atom stereocenters. The van der Waals surface area contributed by atoms with E-state index >= 15 is 0 Å². The van der Waals surface area contributed by atoms with Crippen LogP contribution in [0, 0.1) is 19.7 Å². The maximum Gasteiger partial charge on any atom is 0.211 e. The van der Waals surface area contributed by atoms with E-state index in [-0.39, 0.29) is 11.9 Å². The summed E-state index contributed by atoms with van der Waals surface area (Å²) >= 11 is 0. The Morgan fingerprint density at radius 3 is 2.78 bits per heavy atom. The summed E-state index contributed by atoms with van der Waals surface area (Å²) in [6.45, 7) is 6.28. The number of aromatic nitrogens is 1. The smallest absolute Gasteiger partial charge is 0.211 e. The average molecular weight is 248 g/mol. The van der Waals surface area contributed by atoms with Crippen LogP contribution in [0.15, 0.2) is 28.8 Å². The van der Waals surface area contributed by atoms with E-state index in [2.05, 4.69) is 10.3 Å². The number of hydrogen-bond donors (Lipinski definition) is 1. The number of hydrogen-bond acceptors (Lipinski definition) is 3. The fourth-order valence-corrected chi connectivity index (χ4v) is 1.75. The Kier molecular flexibility index (Phi) is 3.77. The first-order valence-electron chi connectivity index (χ1n) is 5.97. The summed E-state index contributed by atoms with van der Waals surface area (Å²) in [6.07, 6.45) is 1.70. The van der Waals surface area contributed by atoms with Crippen molar-refractivity contribution >= 4 is 0 Å². The second kappa shape index (κ2) is 5.31. The van der Waals surface area contributed by atoms with Crippen molar-refractivity contribution in [2.24, 2.45) is 0 Å². The van der Waals surface area contributed by atoms with Crippen molar-refractivity contribution in [3.63, 3.8) is 0 Å². The Morgan fingerprint density at radius 1 is 1.39 bits per heavy atom. The van der Waals surface area contributed by atoms with Crippen LogP contribution in [0.25, 0.3) is 0 Å². The van der Waals surface area contributed by atoms with Crippen molar-refractivity contribution in [3.8, 4) is 0 Å². The zero-order chi connectivity index (χ0) is 13.1. The average Bonchev–Trinajstić information content (AvgIpc) is 2.77. The fourth-order valence-electron chi connectivity index (χ4n) is 1.75. The first-order valence-corrected chi connectivity index (χ1v) is 5.97. The Labute approximate surface area is 106 Å². The summed E-state index contributed by atoms with van der Waals surface area (Å²) in [7, 11) is 0. The van der Waals surface area contributed by atoms with E-state index in [1.165, 1.54) is 6.07 Å². The van der Waals surface area contributed by atoms with E-state index in [1.807, 2.05) is 19.9 Å². The predicted molar refractivity (Wildman–Crippen MR) is 67.6 cm³/mol. The summed E-state index contributed by atoms with van der Waals surface area (Å²) in [6, 6.07) is 5.15. The molecule has 0 fully saturated rings. The van der Waals surface area contributed by atoms with Gasteiger partial charge in [-0.25, -0.2) is 9.37 Å². The van der Waals surface area contributed by atoms with Gasteiger partial charge in [-0.2, -0.15) is 0 Å². The molecule has 0 aliphatic carbocycles. The van der Waals surface area contributed by atoms with E-state index in [4.69, 9.17) is 4.42 Å². The number of nitrogens with zero attached hydrogens (tertiary/aromatic N) is 1. The van der Waals surface area contributed by atoms with Crippen molar-refractivity contribution in [2.45, 2.75) is 33.4 Å². The zero-order valence-electron chi connectivity index (χ0n) is 10.8. The van der Waals surface area contributed by atoms with Crippen LogP contribution in [0.4, 0.5) is 4.39 Å². The van der Waals surface area contributed by atoms with Gasteiger partial charge in [-0.05, 0) is 38.0 Å². The van der Waals surface area contributed by atoms with Gasteiger partial charge in [0.05, 0.1) is 12.2 Å². The van der Waals surface area contributed by atoms with Crippen LogP contribution < -0.4 is 5.32 Å². The summed E-state index contributed by atoms with van der Waals surface area (Å²) in [5.74, 6) is 1.30. The molecule has 0 saturated heterocycles. The molecule has 96 valence electrons. The van der Waals surface area contributed by atoms with Gasteiger partial charge in [0.15, 0.2) is 0 Å². The number of halogens is 1. The molecular weight excluding hydrogens is 231 g/mol. The van der Waals surface area contributed by atoms with Crippen LogP contribution in [0.3, 0.4) is 0 Å². The maximum atomic E-state index is 13.1. The van der Waals surface area contributed by atoms with E-state index in [0.29, 0.717) is 18.0 Å². The highest BCUT2D eigenvalue weighted by atomic mass is 19.1. The lowest BCUT2D eigenvalue weighted by Gasteiger charge is -2.10. The molecule has 2 aromatic rings. The molecular formula is C14H17FN2O. The Bertz CT molecular complexity index is 536. The summed E-state index contributed by atoms with van der Waals surface area (Å²) in [5, 5.41) is 3.30. The molecule has 0 aliphatic rings. The zero-order valence-corrected chi connectivity index (χ0v) is 10.8. The molecule has 18 heavy (non-hydrogen) atoms. The first-order chi connectivity index (χ1) is 8.56. The molecule has 0 aliphatic heterocycles. The third-order valence-corrected chi connectivity index (χ3v) is 2.84. The van der Waals surface area contributed by atoms with E-state index in [0.717, 1.165) is 11.3 Å². The number of benzene rings is 1. The van der Waals surface area contributed by atoms with Crippen molar-refractivity contribution < 1.29 is 8.81 Å². The molecule has 0 bridgehead atoms. The standard InChI is InChI=1S/C14H17FN2O/c1-9-6-12(4-5-13(9)15)8-16-11(3)14-17-7-10(2)18-14/h4-7,11,16H,8H2,1-3H3. The molecule has 0 saturated carbocycles. The van der Waals surface area contributed by atoms with Gasteiger partial charge in [-0.3, -0.25) is 0 Å². The highest BCUT2D eigenvalue weighted by molar-refractivity contribution is 5.23. The second-order valence-electron chi connectivity index (χ2n) is 4.50. The normalized spacial score (nSPS) is 12.7. The minimum atomic E-state index is -0.171. The number of aryl methyl sites for hydroxylation is 2. The largest absolute Gasteiger partial charge is 0.444 e. The topological polar surface area (TPSA) is 38.1 Å². The lowest BCUT2D eigenvalue weighted by Crippen LogP contribution is -2.18. The summed E-state index contributed by atoms with van der Waals surface area (Å²) in [4.78, 5) is 4.17. The van der Waals surface area contributed by atoms with Crippen LogP contribution >= 0.6 is 0 Å². The van der Waals surface area contributed by atoms with Crippen LogP contribution in [0.5, 0.6) is 0 Å². The molecule has 1 heterocycles. The van der Waals surface area contributed by atoms with E-state index in [9.17, 15) is 4.39 Å². The van der Waals surface area contributed by atoms with Crippen molar-refractivity contribution in [3.05, 3.63) is 53.0 Å². The van der Waals surface area contributed by atoms with Gasteiger partial charge in [0.25, 0.3) is 0 Å². The quantitative estimate of drug-likeness (QED) is 0.902. The number of oxazole rings is 1. The van der Waals surface area contributed by atoms with Gasteiger partial charge in [-0.1, -0.05) is 12.1 Å². The molecule has 1 N–H and O–H groups in total. The summed E-state index contributed by atoms with van der Waals surface area (Å²) in [5.41, 5.74) is 1.71. The van der Waals surface area contributed by atoms with Crippen LogP contribution in [0.2, 0.25) is 0 Å². The monoisotopic (exact) mass is 248 g/mol. The van der Waals surface area contributed by atoms with Gasteiger partial charge in [0.1, 0.15) is 11.6 Å². The molecule has 0 spiro atoms. The lowest BCUT2D eigenvalue weighted by atomic mass is 10.1. The second-order valence-corrected chi connectivity index (χ2v) is 4.50. The third-order valence-electron chi connectivity index (χ3n) is 2.84. The molecule has 4 heteroatoms. The lowest BCUT2D eigenvalue weighted by molar-refractivity contribution is 0.402. The maximum absolute atomic E-state index is 13.1. The molecule has 2 rings (SSSR count). The van der Waals surface area contributed by atoms with Gasteiger partial charge in [0, 0.05) is 6.54 Å². The van der Waals surface area contributed by atoms with E-state index in [1.54, 1.807) is 19.2 Å². The van der Waals surface area contributed by atoms with Gasteiger partial charge in [-0.15, -0.1) is 0 Å². The minimum absolute atomic E-state index is 0.0315. The fraction of sp³-hybridized carbons (Fsp3) is 0.357. The Hall–Kier alpha value is -1.68. The molecule has 1 aromatic carbocycles. The summed E-state index contributed by atoms with van der Waals surface area (Å²) < 4.78 is 18.6.